The first-order chi connectivity index (χ1) is 2.73. The molecule has 0 heterocycles. The van der Waals surface area contributed by atoms with Crippen LogP contribution in [0.15, 0.2) is 0 Å². The molecule has 0 fully saturated rings. The fraction of sp³-hybridized carbons (Fsp3) is 0. The Hall–Kier alpha value is 0.152. The maximum atomic E-state index is 8.33. The Morgan fingerprint density at radius 1 is 1.50 bits per heavy atom. The van der Waals surface area contributed by atoms with Crippen LogP contribution in [-0.4, -0.2) is 35.4 Å². The van der Waals surface area contributed by atoms with Crippen molar-refractivity contribution in [3.05, 3.63) is 0 Å². The summed E-state index contributed by atoms with van der Waals surface area (Å²) in [6.45, 7) is 0. The van der Waals surface area contributed by atoms with Gasteiger partial charge in [0.15, 0.2) is 0 Å². The Kier molecular flexibility index (Phi) is 14.1. The first-order valence-electron chi connectivity index (χ1n) is 0.871. The quantitative estimate of drug-likeness (QED) is 0.465. The predicted octanol–water partition coefficient (Wildman–Crippen LogP) is -3.65. The molecule has 1 N–H and O–H groups in total. The van der Waals surface area contributed by atoms with E-state index in [9.17, 15) is 0 Å². The van der Waals surface area contributed by atoms with E-state index >= 15 is 0 Å². The van der Waals surface area contributed by atoms with Crippen molar-refractivity contribution in [3.63, 3.8) is 0 Å². The predicted molar refractivity (Wildman–Crippen MR) is 14.8 cm³/mol. The Balaban J connectivity index is 0. The van der Waals surface area contributed by atoms with Gasteiger partial charge < -0.3 is 15.0 Å². The van der Waals surface area contributed by atoms with Gasteiger partial charge in [-0.15, -0.1) is 0 Å². The van der Waals surface area contributed by atoms with E-state index in [1.54, 1.807) is 0 Å². The summed E-state index contributed by atoms with van der Waals surface area (Å²) in [7, 11) is 0. The average molecular weight is 285 g/mol. The molecule has 6 heavy (non-hydrogen) atoms. The number of carbonyl (C=O) groups excluding carboxylic acids is 1. The minimum absolute atomic E-state index is 0.167. The molecule has 0 aliphatic carbocycles. The Morgan fingerprint density at radius 2 is 1.50 bits per heavy atom. The summed E-state index contributed by atoms with van der Waals surface area (Å²) in [4.78, 5) is 8.33. The maximum absolute atomic E-state index is 8.33. The van der Waals surface area contributed by atoms with Crippen molar-refractivity contribution in [2.75, 3.05) is 0 Å². The average Bonchev–Trinajstić information content (AvgIpc) is 1.41. The van der Waals surface area contributed by atoms with Crippen molar-refractivity contribution in [3.8, 4) is 0 Å². The van der Waals surface area contributed by atoms with E-state index in [1.807, 2.05) is 0 Å². The number of hydrogen-bond acceptors (Lipinski definition) is 4. The second-order valence-corrected chi connectivity index (χ2v) is 0.250. The van der Waals surface area contributed by atoms with Gasteiger partial charge in [0.25, 0.3) is 0 Å². The number of carboxylic acid groups (broad SMARTS) is 2. The molecule has 4 nitrogen and oxygen atoms in total. The fourth-order valence-corrected chi connectivity index (χ4v) is 0. The summed E-state index contributed by atoms with van der Waals surface area (Å²) in [5.41, 5.74) is 0. The van der Waals surface area contributed by atoms with Gasteiger partial charge in [-0.1, -0.05) is 0 Å². The van der Waals surface area contributed by atoms with Crippen LogP contribution in [0, 0.1) is 0 Å². The Labute approximate surface area is 50.8 Å². The summed E-state index contributed by atoms with van der Waals surface area (Å²) in [5.74, 6) is 0. The van der Waals surface area contributed by atoms with E-state index in [2.05, 4.69) is 0 Å². The van der Waals surface area contributed by atoms with E-state index in [1.165, 1.54) is 0 Å². The van der Waals surface area contributed by atoms with Crippen molar-refractivity contribution in [2.24, 2.45) is 0 Å². The van der Waals surface area contributed by atoms with E-state index in [0.717, 1.165) is 0 Å². The molecule has 34 valence electrons. The van der Waals surface area contributed by atoms with Gasteiger partial charge in [-0.05, 0) is 6.16 Å². The molecule has 0 rings (SSSR count). The van der Waals surface area contributed by atoms with Gasteiger partial charge in [-0.3, -0.25) is 0 Å². The Bertz CT molecular complexity index is 30.5. The minimum atomic E-state index is -2.33. The van der Waals surface area contributed by atoms with Gasteiger partial charge in [-0.2, -0.15) is 0 Å². The first kappa shape index (κ1) is 9.47. The van der Waals surface area contributed by atoms with Crippen molar-refractivity contribution >= 4 is 32.4 Å². The molecule has 0 saturated heterocycles. The monoisotopic (exact) mass is 286 g/mol. The zero-order valence-corrected chi connectivity index (χ0v) is 7.24. The molecule has 5 heteroatoms. The van der Waals surface area contributed by atoms with Gasteiger partial charge in [-0.25, -0.2) is 0 Å². The second kappa shape index (κ2) is 8.94. The standard InChI is InChI=1S/CH2O3.H2O.Pb.H/c2-1(3)4;;;/h(H2,2,3,4);1H2;;/q;;+3;/p-3. The number of hydrogen-bond donors (Lipinski definition) is 1. The molecule has 0 aliphatic rings. The topological polar surface area (TPSA) is 83.4 Å². The van der Waals surface area contributed by atoms with Crippen LogP contribution in [0.25, 0.3) is 0 Å². The van der Waals surface area contributed by atoms with E-state index in [4.69, 9.17) is 18.1 Å². The molecule has 0 amide bonds. The van der Waals surface area contributed by atoms with Gasteiger partial charge in [0.1, 0.15) is 0 Å². The molecule has 0 aromatic heterocycles. The molecule has 0 atom stereocenters. The molecule has 0 aliphatic heterocycles. The van der Waals surface area contributed by atoms with Crippen LogP contribution < -0.4 is 10.2 Å². The van der Waals surface area contributed by atoms with Gasteiger partial charge in [0, 0.05) is 0 Å². The van der Waals surface area contributed by atoms with E-state index in [0.29, 0.717) is 0 Å². The SMILES string of the molecule is O=C([O-])[O-].[OH][PbH+2]. The summed E-state index contributed by atoms with van der Waals surface area (Å²) < 4.78 is 7.17. The van der Waals surface area contributed by atoms with Crippen LogP contribution in [0.1, 0.15) is 0 Å². The van der Waals surface area contributed by atoms with Crippen molar-refractivity contribution in [2.45, 2.75) is 0 Å². The number of carbonyl (C=O) groups is 1. The third-order valence-corrected chi connectivity index (χ3v) is 0. The third-order valence-electron chi connectivity index (χ3n) is 0. The van der Waals surface area contributed by atoms with Gasteiger partial charge in [0.05, 0.1) is 0 Å². The zero-order chi connectivity index (χ0) is 5.58. The van der Waals surface area contributed by atoms with Crippen molar-refractivity contribution < 1.29 is 18.1 Å². The van der Waals surface area contributed by atoms with Crippen molar-refractivity contribution in [1.82, 2.24) is 0 Å². The molecular weight excluding hydrogens is 283 g/mol. The molecule has 0 aromatic carbocycles. The van der Waals surface area contributed by atoms with Crippen LogP contribution in [0.5, 0.6) is 0 Å². The molecule has 0 bridgehead atoms. The molecule has 0 unspecified atom stereocenters. The van der Waals surface area contributed by atoms with Crippen LogP contribution in [0.3, 0.4) is 0 Å². The second-order valence-electron chi connectivity index (χ2n) is 0.250. The van der Waals surface area contributed by atoms with E-state index in [-0.39, 0.29) is 26.2 Å². The number of rotatable bonds is 0. The Morgan fingerprint density at radius 3 is 1.50 bits per heavy atom. The van der Waals surface area contributed by atoms with Crippen LogP contribution in [-0.2, 0) is 0 Å². The fourth-order valence-electron chi connectivity index (χ4n) is 0. The normalized spacial score (nSPS) is 4.67. The molecule has 0 saturated carbocycles. The van der Waals surface area contributed by atoms with Gasteiger partial charge >= 0.3 is 29.3 Å². The summed E-state index contributed by atoms with van der Waals surface area (Å²) in [5, 5.41) is 16.7. The summed E-state index contributed by atoms with van der Waals surface area (Å²) >= 11 is 0.167. The third kappa shape index (κ3) is 1780. The van der Waals surface area contributed by atoms with Crippen LogP contribution >= 0.6 is 0 Å². The van der Waals surface area contributed by atoms with Crippen LogP contribution in [0.4, 0.5) is 4.79 Å². The molecule has 0 radical (unpaired) electrons. The molecular formula is CH2O4Pb. The molecule has 0 aromatic rings. The first-order valence-corrected chi connectivity index (χ1v) is 2.88. The van der Waals surface area contributed by atoms with E-state index < -0.39 is 6.16 Å². The summed E-state index contributed by atoms with van der Waals surface area (Å²) in [6, 6.07) is 0. The zero-order valence-electron chi connectivity index (χ0n) is 2.75. The molecule has 0 spiro atoms. The van der Waals surface area contributed by atoms with Gasteiger partial charge in [0.2, 0.25) is 0 Å². The van der Waals surface area contributed by atoms with Crippen molar-refractivity contribution in [1.29, 1.82) is 0 Å². The van der Waals surface area contributed by atoms with Crippen LogP contribution in [0.2, 0.25) is 0 Å². The summed E-state index contributed by atoms with van der Waals surface area (Å²) in [6.07, 6.45) is -2.33.